The number of carbonyl (C=O) groups excluding carboxylic acids is 1. The first-order chi connectivity index (χ1) is 12.5. The average molecular weight is 398 g/mol. The molecule has 2 atom stereocenters. The molecule has 1 aromatic carbocycles. The van der Waals surface area contributed by atoms with Gasteiger partial charge in [-0.1, -0.05) is 11.8 Å². The zero-order chi connectivity index (χ0) is 18.6. The molecule has 2 aliphatic rings. The van der Waals surface area contributed by atoms with Gasteiger partial charge in [-0.3, -0.25) is 9.79 Å². The molecule has 0 spiro atoms. The van der Waals surface area contributed by atoms with Crippen molar-refractivity contribution in [1.29, 1.82) is 0 Å². The highest BCUT2D eigenvalue weighted by molar-refractivity contribution is 8.15. The topological polar surface area (TPSA) is 96.9 Å². The summed E-state index contributed by atoms with van der Waals surface area (Å²) >= 11 is 1.47. The third-order valence-corrected chi connectivity index (χ3v) is 7.31. The predicted molar refractivity (Wildman–Crippen MR) is 105 cm³/mol. The fourth-order valence-electron chi connectivity index (χ4n) is 2.87. The molecule has 0 saturated carbocycles. The number of aliphatic imine (C=N–C) groups is 1. The standard InChI is InChI=1S/C17H23N3O4S2/c1-2-24-9-3-8-18-16(21)12-4-6-13(7-5-12)19-17-20-14-10-26(22,23)11-15(14)25-17/h4-7,14-15H,2-3,8-11H2,1H3,(H,18,21)(H,19,20)/t14-,15+/m1/s1. The molecule has 0 aliphatic carbocycles. The SMILES string of the molecule is CCOCCCNC(=O)c1ccc(NC2=N[C@@H]3CS(=O)(=O)C[C@@H]3S2)cc1. The van der Waals surface area contributed by atoms with Crippen LogP contribution < -0.4 is 10.6 Å². The fourth-order valence-corrected chi connectivity index (χ4v) is 6.54. The van der Waals surface area contributed by atoms with Gasteiger partial charge in [-0.25, -0.2) is 8.42 Å². The molecule has 9 heteroatoms. The summed E-state index contributed by atoms with van der Waals surface area (Å²) in [4.78, 5) is 16.5. The number of hydrogen-bond acceptors (Lipinski definition) is 7. The number of rotatable bonds is 7. The van der Waals surface area contributed by atoms with E-state index < -0.39 is 9.84 Å². The molecule has 2 heterocycles. The van der Waals surface area contributed by atoms with Crippen LogP contribution in [0.5, 0.6) is 0 Å². The summed E-state index contributed by atoms with van der Waals surface area (Å²) in [5, 5.41) is 6.82. The summed E-state index contributed by atoms with van der Waals surface area (Å²) in [6.07, 6.45) is 0.786. The lowest BCUT2D eigenvalue weighted by Gasteiger charge is -2.08. The molecule has 3 rings (SSSR count). The van der Waals surface area contributed by atoms with Gasteiger partial charge in [0.1, 0.15) is 0 Å². The van der Waals surface area contributed by atoms with Crippen LogP contribution in [0.15, 0.2) is 29.3 Å². The number of carbonyl (C=O) groups is 1. The van der Waals surface area contributed by atoms with Gasteiger partial charge in [0, 0.05) is 36.3 Å². The van der Waals surface area contributed by atoms with Crippen molar-refractivity contribution in [3.63, 3.8) is 0 Å². The second-order valence-corrected chi connectivity index (χ2v) is 9.63. The number of anilines is 1. The zero-order valence-electron chi connectivity index (χ0n) is 14.6. The zero-order valence-corrected chi connectivity index (χ0v) is 16.2. The van der Waals surface area contributed by atoms with Gasteiger partial charge in [-0.2, -0.15) is 0 Å². The molecule has 1 amide bonds. The second kappa shape index (κ2) is 8.41. The van der Waals surface area contributed by atoms with Crippen molar-refractivity contribution in [2.45, 2.75) is 24.6 Å². The fraction of sp³-hybridized carbons (Fsp3) is 0.529. The lowest BCUT2D eigenvalue weighted by molar-refractivity contribution is 0.0944. The van der Waals surface area contributed by atoms with Gasteiger partial charge in [0.15, 0.2) is 15.0 Å². The molecule has 2 aliphatic heterocycles. The van der Waals surface area contributed by atoms with E-state index in [2.05, 4.69) is 15.6 Å². The normalized spacial score (nSPS) is 23.3. The van der Waals surface area contributed by atoms with E-state index in [1.54, 1.807) is 12.1 Å². The third kappa shape index (κ3) is 4.99. The number of amides is 1. The Hall–Kier alpha value is -1.58. The van der Waals surface area contributed by atoms with Crippen LogP contribution in [0, 0.1) is 0 Å². The maximum atomic E-state index is 12.1. The summed E-state index contributed by atoms with van der Waals surface area (Å²) in [6.45, 7) is 3.85. The maximum absolute atomic E-state index is 12.1. The van der Waals surface area contributed by atoms with Crippen LogP contribution in [-0.2, 0) is 14.6 Å². The Kier molecular flexibility index (Phi) is 6.20. The summed E-state index contributed by atoms with van der Waals surface area (Å²) in [7, 11) is -2.94. The Balaban J connectivity index is 1.48. The van der Waals surface area contributed by atoms with Gasteiger partial charge in [-0.15, -0.1) is 0 Å². The van der Waals surface area contributed by atoms with E-state index in [1.165, 1.54) is 11.8 Å². The van der Waals surface area contributed by atoms with Crippen molar-refractivity contribution < 1.29 is 17.9 Å². The Morgan fingerprint density at radius 2 is 2.08 bits per heavy atom. The van der Waals surface area contributed by atoms with E-state index in [1.807, 2.05) is 19.1 Å². The second-order valence-electron chi connectivity index (χ2n) is 6.24. The Labute approximate surface area is 157 Å². The van der Waals surface area contributed by atoms with Gasteiger partial charge in [0.05, 0.1) is 17.5 Å². The van der Waals surface area contributed by atoms with E-state index in [0.29, 0.717) is 25.3 Å². The van der Waals surface area contributed by atoms with Gasteiger partial charge in [-0.05, 0) is 37.6 Å². The number of fused-ring (bicyclic) bond motifs is 1. The molecule has 0 unspecified atom stereocenters. The number of sulfone groups is 1. The summed E-state index contributed by atoms with van der Waals surface area (Å²) < 4.78 is 28.4. The van der Waals surface area contributed by atoms with Crippen LogP contribution in [0.4, 0.5) is 5.69 Å². The molecular formula is C17H23N3O4S2. The lowest BCUT2D eigenvalue weighted by Crippen LogP contribution is -2.25. The highest BCUT2D eigenvalue weighted by atomic mass is 32.2. The molecule has 1 aromatic rings. The number of ether oxygens (including phenoxy) is 1. The van der Waals surface area contributed by atoms with Crippen LogP contribution >= 0.6 is 11.8 Å². The van der Waals surface area contributed by atoms with Crippen molar-refractivity contribution in [3.05, 3.63) is 29.8 Å². The minimum atomic E-state index is -2.94. The molecule has 2 N–H and O–H groups in total. The molecule has 142 valence electrons. The molecule has 0 aromatic heterocycles. The molecule has 0 radical (unpaired) electrons. The van der Waals surface area contributed by atoms with Crippen LogP contribution in [0.1, 0.15) is 23.7 Å². The van der Waals surface area contributed by atoms with Gasteiger partial charge in [0.2, 0.25) is 0 Å². The Morgan fingerprint density at radius 3 is 2.77 bits per heavy atom. The van der Waals surface area contributed by atoms with Gasteiger partial charge in [0.25, 0.3) is 5.91 Å². The van der Waals surface area contributed by atoms with Crippen molar-refractivity contribution in [2.24, 2.45) is 4.99 Å². The number of thioether (sulfide) groups is 1. The third-order valence-electron chi connectivity index (χ3n) is 4.17. The van der Waals surface area contributed by atoms with E-state index in [4.69, 9.17) is 4.74 Å². The first-order valence-corrected chi connectivity index (χ1v) is 11.3. The number of hydrogen-bond donors (Lipinski definition) is 2. The summed E-state index contributed by atoms with van der Waals surface area (Å²) in [5.74, 6) is 0.220. The van der Waals surface area contributed by atoms with Crippen molar-refractivity contribution in [3.8, 4) is 0 Å². The van der Waals surface area contributed by atoms with Crippen molar-refractivity contribution >= 4 is 38.4 Å². The number of benzene rings is 1. The average Bonchev–Trinajstić information content (AvgIpc) is 3.07. The molecule has 1 fully saturated rings. The van der Waals surface area contributed by atoms with Gasteiger partial charge < -0.3 is 15.4 Å². The molecule has 26 heavy (non-hydrogen) atoms. The van der Waals surface area contributed by atoms with Crippen molar-refractivity contribution in [2.75, 3.05) is 36.6 Å². The van der Waals surface area contributed by atoms with E-state index >= 15 is 0 Å². The minimum absolute atomic E-state index is 0.0178. The number of amidine groups is 1. The quantitative estimate of drug-likeness (QED) is 0.677. The largest absolute Gasteiger partial charge is 0.382 e. The van der Waals surface area contributed by atoms with E-state index in [0.717, 1.165) is 17.3 Å². The molecule has 1 saturated heterocycles. The summed E-state index contributed by atoms with van der Waals surface area (Å²) in [6, 6.07) is 7.01. The van der Waals surface area contributed by atoms with Crippen LogP contribution in [-0.4, -0.2) is 62.0 Å². The highest BCUT2D eigenvalue weighted by Crippen LogP contribution is 2.34. The van der Waals surface area contributed by atoms with Crippen molar-refractivity contribution in [1.82, 2.24) is 5.32 Å². The van der Waals surface area contributed by atoms with Gasteiger partial charge >= 0.3 is 0 Å². The molecule has 0 bridgehead atoms. The highest BCUT2D eigenvalue weighted by Gasteiger charge is 2.42. The van der Waals surface area contributed by atoms with Crippen LogP contribution in [0.2, 0.25) is 0 Å². The lowest BCUT2D eigenvalue weighted by atomic mass is 10.2. The smallest absolute Gasteiger partial charge is 0.251 e. The minimum Gasteiger partial charge on any atom is -0.382 e. The summed E-state index contributed by atoms with van der Waals surface area (Å²) in [5.41, 5.74) is 1.42. The Bertz CT molecular complexity index is 778. The number of nitrogens with one attached hydrogen (secondary N) is 2. The van der Waals surface area contributed by atoms with Crippen LogP contribution in [0.3, 0.4) is 0 Å². The maximum Gasteiger partial charge on any atom is 0.251 e. The van der Waals surface area contributed by atoms with Crippen LogP contribution in [0.25, 0.3) is 0 Å². The van der Waals surface area contributed by atoms with E-state index in [-0.39, 0.29) is 28.7 Å². The first kappa shape index (κ1) is 19.2. The monoisotopic (exact) mass is 397 g/mol. The predicted octanol–water partition coefficient (Wildman–Crippen LogP) is 1.52. The van der Waals surface area contributed by atoms with E-state index in [9.17, 15) is 13.2 Å². The first-order valence-electron chi connectivity index (χ1n) is 8.65. The Morgan fingerprint density at radius 1 is 1.31 bits per heavy atom. The molecule has 7 nitrogen and oxygen atoms in total. The molecular weight excluding hydrogens is 374 g/mol. The number of nitrogens with zero attached hydrogens (tertiary/aromatic N) is 1.